The van der Waals surface area contributed by atoms with E-state index in [9.17, 15) is 75.7 Å². The lowest BCUT2D eigenvalue weighted by Gasteiger charge is -2.50. The third-order valence-electron chi connectivity index (χ3n) is 16.6. The normalized spacial score (nSPS) is 29.5. The van der Waals surface area contributed by atoms with Gasteiger partial charge in [-0.2, -0.15) is 0 Å². The number of carbonyl (C=O) groups is 3. The Kier molecular flexibility index (Phi) is 40.2. The summed E-state index contributed by atoms with van der Waals surface area (Å²) >= 11 is 0. The van der Waals surface area contributed by atoms with Crippen LogP contribution in [0.15, 0.2) is 24.3 Å². The van der Waals surface area contributed by atoms with Crippen LogP contribution < -0.4 is 10.6 Å². The summed E-state index contributed by atoms with van der Waals surface area (Å²) in [4.78, 5) is 38.4. The first-order valence-electron chi connectivity index (χ1n) is 32.7. The van der Waals surface area contributed by atoms with Crippen molar-refractivity contribution in [3.05, 3.63) is 24.3 Å². The monoisotopic (exact) mass is 1230 g/mol. The van der Waals surface area contributed by atoms with Gasteiger partial charge in [0.25, 0.3) is 5.79 Å². The van der Waals surface area contributed by atoms with Crippen LogP contribution in [0.3, 0.4) is 0 Å². The maximum Gasteiger partial charge on any atom is 0.364 e. The fourth-order valence-electron chi connectivity index (χ4n) is 11.3. The van der Waals surface area contributed by atoms with E-state index in [2.05, 4.69) is 36.6 Å². The zero-order valence-corrected chi connectivity index (χ0v) is 51.9. The number of aliphatic hydroxyl groups excluding tert-OH is 11. The zero-order chi connectivity index (χ0) is 63.3. The van der Waals surface area contributed by atoms with Gasteiger partial charge in [-0.15, -0.1) is 0 Å². The Morgan fingerprint density at radius 3 is 1.58 bits per heavy atom. The summed E-state index contributed by atoms with van der Waals surface area (Å²) in [5, 5.41) is 136. The molecule has 0 saturated carbocycles. The highest BCUT2D eigenvalue weighted by atomic mass is 16.8. The summed E-state index contributed by atoms with van der Waals surface area (Å²) in [6, 6.07) is -2.62. The highest BCUT2D eigenvalue weighted by Gasteiger charge is 2.60. The van der Waals surface area contributed by atoms with E-state index in [0.29, 0.717) is 12.8 Å². The number of carboxylic acids is 1. The quantitative estimate of drug-likeness (QED) is 0.0294. The van der Waals surface area contributed by atoms with Gasteiger partial charge in [-0.3, -0.25) is 9.59 Å². The number of hydrogen-bond donors (Lipinski definition) is 14. The van der Waals surface area contributed by atoms with Gasteiger partial charge in [0.05, 0.1) is 50.7 Å². The highest BCUT2D eigenvalue weighted by molar-refractivity contribution is 5.77. The van der Waals surface area contributed by atoms with Crippen molar-refractivity contribution in [2.45, 2.75) is 330 Å². The van der Waals surface area contributed by atoms with Crippen molar-refractivity contribution in [1.82, 2.24) is 10.6 Å². The lowest BCUT2D eigenvalue weighted by molar-refractivity contribution is -0.386. The van der Waals surface area contributed by atoms with E-state index in [0.717, 1.165) is 58.3 Å². The smallest absolute Gasteiger partial charge is 0.364 e. The highest BCUT2D eigenvalue weighted by Crippen LogP contribution is 2.38. The topological polar surface area (TPSA) is 373 Å². The summed E-state index contributed by atoms with van der Waals surface area (Å²) in [5.74, 6) is -6.15. The zero-order valence-electron chi connectivity index (χ0n) is 51.9. The van der Waals surface area contributed by atoms with Crippen molar-refractivity contribution in [2.75, 3.05) is 26.4 Å². The molecule has 3 aliphatic rings. The van der Waals surface area contributed by atoms with Crippen LogP contribution in [0.2, 0.25) is 0 Å². The number of rotatable bonds is 48. The average molecular weight is 1240 g/mol. The van der Waals surface area contributed by atoms with Crippen molar-refractivity contribution in [1.29, 1.82) is 0 Å². The summed E-state index contributed by atoms with van der Waals surface area (Å²) in [6.07, 6.45) is 12.3. The van der Waals surface area contributed by atoms with Gasteiger partial charge >= 0.3 is 5.97 Å². The average Bonchev–Trinajstić information content (AvgIpc) is 2.74. The van der Waals surface area contributed by atoms with E-state index >= 15 is 0 Å². The number of unbranched alkanes of at least 4 members (excludes halogenated alkanes) is 26. The van der Waals surface area contributed by atoms with Crippen molar-refractivity contribution in [3.8, 4) is 0 Å². The molecule has 3 fully saturated rings. The second-order valence-corrected chi connectivity index (χ2v) is 24.0. The van der Waals surface area contributed by atoms with E-state index in [1.54, 1.807) is 6.08 Å². The molecule has 3 rings (SSSR count). The van der Waals surface area contributed by atoms with Crippen LogP contribution in [0.5, 0.6) is 0 Å². The number of hydrogen-bond acceptors (Lipinski definition) is 20. The predicted octanol–water partition coefficient (Wildman–Crippen LogP) is 4.50. The third-order valence-corrected chi connectivity index (χ3v) is 16.6. The maximum absolute atomic E-state index is 13.4. The van der Waals surface area contributed by atoms with Gasteiger partial charge < -0.3 is 100 Å². The van der Waals surface area contributed by atoms with Crippen molar-refractivity contribution in [3.63, 3.8) is 0 Å². The first-order chi connectivity index (χ1) is 41.4. The van der Waals surface area contributed by atoms with Crippen LogP contribution >= 0.6 is 0 Å². The molecule has 0 spiro atoms. The Hall–Kier alpha value is -2.79. The second kappa shape index (κ2) is 44.6. The van der Waals surface area contributed by atoms with Gasteiger partial charge in [0.1, 0.15) is 67.1 Å². The molecule has 86 heavy (non-hydrogen) atoms. The number of carboxylic acid groups (broad SMARTS) is 1. The van der Waals surface area contributed by atoms with E-state index < -0.39 is 155 Å². The minimum Gasteiger partial charge on any atom is -0.477 e. The number of aliphatic hydroxyl groups is 11. The molecule has 3 saturated heterocycles. The van der Waals surface area contributed by atoms with Gasteiger partial charge in [-0.1, -0.05) is 179 Å². The number of amides is 2. The molecule has 2 amide bonds. The predicted molar refractivity (Wildman–Crippen MR) is 320 cm³/mol. The van der Waals surface area contributed by atoms with Crippen LogP contribution in [-0.2, 0) is 42.8 Å². The Bertz CT molecular complexity index is 1850. The van der Waals surface area contributed by atoms with E-state index in [-0.39, 0.29) is 12.3 Å². The molecule has 0 aromatic carbocycles. The van der Waals surface area contributed by atoms with Crippen molar-refractivity contribution < 1.29 is 104 Å². The second-order valence-electron chi connectivity index (χ2n) is 24.0. The maximum atomic E-state index is 13.4. The molecule has 23 heteroatoms. The first kappa shape index (κ1) is 77.5. The van der Waals surface area contributed by atoms with E-state index in [4.69, 9.17) is 28.4 Å². The van der Waals surface area contributed by atoms with Gasteiger partial charge in [0.2, 0.25) is 11.8 Å². The number of ether oxygens (including phenoxy) is 6. The molecule has 0 aromatic rings. The molecule has 0 aliphatic carbocycles. The summed E-state index contributed by atoms with van der Waals surface area (Å²) in [7, 11) is 0. The Balaban J connectivity index is 1.63. The Morgan fingerprint density at radius 1 is 0.605 bits per heavy atom. The summed E-state index contributed by atoms with van der Waals surface area (Å²) in [5.41, 5.74) is 0. The van der Waals surface area contributed by atoms with Gasteiger partial charge in [-0.05, 0) is 44.9 Å². The lowest BCUT2D eigenvalue weighted by Crippen LogP contribution is -2.70. The number of nitrogens with one attached hydrogen (secondary N) is 2. The molecule has 0 radical (unpaired) electrons. The van der Waals surface area contributed by atoms with Gasteiger partial charge in [0.15, 0.2) is 12.6 Å². The van der Waals surface area contributed by atoms with Crippen LogP contribution in [0.25, 0.3) is 0 Å². The van der Waals surface area contributed by atoms with Gasteiger partial charge in [-0.25, -0.2) is 4.79 Å². The molecular formula is C63H114N2O21. The first-order valence-corrected chi connectivity index (χ1v) is 32.7. The molecular weight excluding hydrogens is 1120 g/mol. The standard InChI is InChI=1S/C63H114N2O21/c1-4-6-8-10-12-14-16-18-19-20-21-22-23-25-27-29-31-33-35-37-50(73)65-44(45(70)36-34-32-30-28-26-24-17-15-13-11-9-7-5-2)42-81-60-55(77)54(76)57(49(41-68)83-60)84-61-56(78)59(53(75)48(40-67)82-61)86-63(62(79)80)38-46(71)51(64-43(3)69)58(85-63)52(74)47(72)39-66/h18-19,34,36,44-49,51-61,66-68,70-72,74-78H,4-17,20-33,35,37-42H2,1-3H3,(H,64,69)(H,65,73)(H,79,80)/b19-18-,36-34+/t44-,45+,46-,47+,48+,49+,51+,52+,53-,54+,55+,56+,57+,58+,59-,60+,61-,63-/m0/s1. The molecule has 14 N–H and O–H groups in total. The number of aliphatic carboxylic acids is 1. The van der Waals surface area contributed by atoms with E-state index in [1.165, 1.54) is 122 Å². The van der Waals surface area contributed by atoms with Crippen LogP contribution in [0.4, 0.5) is 0 Å². The minimum absolute atomic E-state index is 0.198. The van der Waals surface area contributed by atoms with Crippen LogP contribution in [-0.4, -0.2) is 215 Å². The number of allylic oxidation sites excluding steroid dienone is 3. The molecule has 0 unspecified atom stereocenters. The molecule has 18 atom stereocenters. The Morgan fingerprint density at radius 2 is 1.09 bits per heavy atom. The number of carbonyl (C=O) groups excluding carboxylic acids is 2. The summed E-state index contributed by atoms with van der Waals surface area (Å²) in [6.45, 7) is 2.10. The van der Waals surface area contributed by atoms with Crippen molar-refractivity contribution in [2.24, 2.45) is 0 Å². The molecule has 23 nitrogen and oxygen atoms in total. The molecule has 3 aliphatic heterocycles. The SMILES string of the molecule is CCCCCCCC/C=C\CCCCCCCCCCCC(=O)N[C@@H](CO[C@@H]1O[C@H](CO)[C@@H](O[C@@H]2O[C@H](CO)[C@H](O)[C@H](O[C@]3(C(=O)O)C[C@H](O)[C@@H](NC(C)=O)[C@H]([C@H](O)[C@H](O)CO)O3)[C@H]2O)[C@H](O)[C@H]1O)[C@H](O)/C=C/CCCCCCCCCCCCC. The molecule has 0 bridgehead atoms. The fraction of sp³-hybridized carbons (Fsp3) is 0.889. The third kappa shape index (κ3) is 27.8. The van der Waals surface area contributed by atoms with Gasteiger partial charge in [0, 0.05) is 19.8 Å². The minimum atomic E-state index is -3.08. The Labute approximate surface area is 511 Å². The lowest BCUT2D eigenvalue weighted by atomic mass is 9.88. The summed E-state index contributed by atoms with van der Waals surface area (Å²) < 4.78 is 34.7. The molecule has 502 valence electrons. The fourth-order valence-corrected chi connectivity index (χ4v) is 11.3. The molecule has 0 aromatic heterocycles. The van der Waals surface area contributed by atoms with E-state index in [1.807, 2.05) is 6.08 Å². The molecule has 3 heterocycles. The largest absolute Gasteiger partial charge is 0.477 e. The van der Waals surface area contributed by atoms with Crippen LogP contribution in [0, 0.1) is 0 Å². The van der Waals surface area contributed by atoms with Crippen molar-refractivity contribution >= 4 is 17.8 Å². The van der Waals surface area contributed by atoms with Crippen LogP contribution in [0.1, 0.15) is 220 Å².